The van der Waals surface area contributed by atoms with E-state index in [0.29, 0.717) is 43.9 Å². The predicted molar refractivity (Wildman–Crippen MR) is 115 cm³/mol. The van der Waals surface area contributed by atoms with Gasteiger partial charge in [-0.25, -0.2) is 17.2 Å². The van der Waals surface area contributed by atoms with Crippen LogP contribution in [0.3, 0.4) is 0 Å². The predicted octanol–water partition coefficient (Wildman–Crippen LogP) is 3.73. The lowest BCUT2D eigenvalue weighted by Gasteiger charge is -2.31. The lowest BCUT2D eigenvalue weighted by Crippen LogP contribution is -2.39. The number of sulfonamides is 1. The molecule has 1 aliphatic heterocycles. The van der Waals surface area contributed by atoms with Crippen molar-refractivity contribution in [2.45, 2.75) is 43.4 Å². The molecule has 1 saturated carbocycles. The Morgan fingerprint density at radius 1 is 1.12 bits per heavy atom. The first-order valence-corrected chi connectivity index (χ1v) is 12.1. The van der Waals surface area contributed by atoms with Gasteiger partial charge in [-0.05, 0) is 79.8 Å². The third-order valence-electron chi connectivity index (χ3n) is 6.18. The summed E-state index contributed by atoms with van der Waals surface area (Å²) in [5, 5.41) is 0. The highest BCUT2D eigenvalue weighted by Gasteiger charge is 2.32. The third-order valence-corrected chi connectivity index (χ3v) is 8.24. The minimum Gasteiger partial charge on any atom is -0.493 e. The lowest BCUT2D eigenvalue weighted by molar-refractivity contribution is 0.0996. The highest BCUT2D eigenvalue weighted by Crippen LogP contribution is 2.45. The molecule has 0 radical (unpaired) electrons. The standard InChI is InChI=1S/C23H26F2N2O4S/c1-14-10-17(24)4-5-22(14)32(29,30)27-8-6-15(7-9-27)13-31-21-12-20(25)19(23(26)28)11-18(21)16-2-3-16/h4-5,10-12,15-16H,2-3,6-9,13H2,1H3,(H2,26,28). The number of hydrogen-bond acceptors (Lipinski definition) is 4. The van der Waals surface area contributed by atoms with Gasteiger partial charge in [0.25, 0.3) is 5.91 Å². The van der Waals surface area contributed by atoms with E-state index in [0.717, 1.165) is 24.5 Å². The van der Waals surface area contributed by atoms with Crippen molar-refractivity contribution in [1.29, 1.82) is 0 Å². The summed E-state index contributed by atoms with van der Waals surface area (Å²) in [5.41, 5.74) is 6.31. The summed E-state index contributed by atoms with van der Waals surface area (Å²) in [5.74, 6) is -1.19. The normalized spacial score (nSPS) is 18.0. The first-order valence-electron chi connectivity index (χ1n) is 10.7. The second kappa shape index (κ2) is 8.78. The number of benzene rings is 2. The van der Waals surface area contributed by atoms with E-state index in [9.17, 15) is 22.0 Å². The summed E-state index contributed by atoms with van der Waals surface area (Å²) in [6.45, 7) is 2.57. The molecule has 2 fully saturated rings. The summed E-state index contributed by atoms with van der Waals surface area (Å²) in [6, 6.07) is 6.39. The van der Waals surface area contributed by atoms with Gasteiger partial charge in [0.2, 0.25) is 10.0 Å². The van der Waals surface area contributed by atoms with Crippen molar-refractivity contribution < 1.29 is 26.7 Å². The molecule has 2 aromatic carbocycles. The highest BCUT2D eigenvalue weighted by atomic mass is 32.2. The average molecular weight is 465 g/mol. The Hall–Kier alpha value is -2.52. The van der Waals surface area contributed by atoms with Crippen LogP contribution in [0.4, 0.5) is 8.78 Å². The zero-order chi connectivity index (χ0) is 23.0. The van der Waals surface area contributed by atoms with Gasteiger partial charge in [0.05, 0.1) is 17.1 Å². The molecule has 0 atom stereocenters. The van der Waals surface area contributed by atoms with Gasteiger partial charge in [-0.2, -0.15) is 4.31 Å². The molecule has 32 heavy (non-hydrogen) atoms. The number of nitrogens with zero attached hydrogens (tertiary/aromatic N) is 1. The van der Waals surface area contributed by atoms with E-state index in [1.54, 1.807) is 6.92 Å². The number of primary amides is 1. The molecular weight excluding hydrogens is 438 g/mol. The van der Waals surface area contributed by atoms with Gasteiger partial charge in [-0.15, -0.1) is 0 Å². The minimum absolute atomic E-state index is 0.113. The van der Waals surface area contributed by atoms with Crippen molar-refractivity contribution in [3.8, 4) is 5.75 Å². The Labute approximate surface area is 186 Å². The molecule has 1 saturated heterocycles. The second-order valence-corrected chi connectivity index (χ2v) is 10.5. The smallest absolute Gasteiger partial charge is 0.251 e. The van der Waals surface area contributed by atoms with Crippen LogP contribution in [0.2, 0.25) is 0 Å². The van der Waals surface area contributed by atoms with Crippen LogP contribution < -0.4 is 10.5 Å². The summed E-state index contributed by atoms with van der Waals surface area (Å²) in [4.78, 5) is 11.6. The number of aryl methyl sites for hydroxylation is 1. The van der Waals surface area contributed by atoms with Gasteiger partial charge in [-0.1, -0.05) is 0 Å². The minimum atomic E-state index is -3.70. The fraction of sp³-hybridized carbons (Fsp3) is 0.435. The lowest BCUT2D eigenvalue weighted by atomic mass is 9.99. The van der Waals surface area contributed by atoms with Crippen molar-refractivity contribution in [3.05, 3.63) is 58.7 Å². The molecule has 1 aliphatic carbocycles. The average Bonchev–Trinajstić information content (AvgIpc) is 3.57. The first-order chi connectivity index (χ1) is 15.2. The molecule has 1 amide bonds. The molecular formula is C23H26F2N2O4S. The quantitative estimate of drug-likeness (QED) is 0.676. The fourth-order valence-corrected chi connectivity index (χ4v) is 5.84. The summed E-state index contributed by atoms with van der Waals surface area (Å²) >= 11 is 0. The number of piperidine rings is 1. The van der Waals surface area contributed by atoms with Gasteiger partial charge >= 0.3 is 0 Å². The van der Waals surface area contributed by atoms with Crippen LogP contribution in [0, 0.1) is 24.5 Å². The molecule has 0 bridgehead atoms. The van der Waals surface area contributed by atoms with Gasteiger partial charge in [0, 0.05) is 19.2 Å². The number of hydrogen-bond donors (Lipinski definition) is 1. The number of amides is 1. The molecule has 0 spiro atoms. The molecule has 6 nitrogen and oxygen atoms in total. The number of ether oxygens (including phenoxy) is 1. The van der Waals surface area contributed by atoms with Gasteiger partial charge in [-0.3, -0.25) is 4.79 Å². The largest absolute Gasteiger partial charge is 0.493 e. The van der Waals surface area contributed by atoms with Crippen LogP contribution >= 0.6 is 0 Å². The number of nitrogens with two attached hydrogens (primary N) is 1. The third kappa shape index (κ3) is 4.63. The topological polar surface area (TPSA) is 89.7 Å². The van der Waals surface area contributed by atoms with Crippen LogP contribution in [0.15, 0.2) is 35.2 Å². The van der Waals surface area contributed by atoms with Crippen molar-refractivity contribution in [1.82, 2.24) is 4.31 Å². The molecule has 0 unspecified atom stereocenters. The van der Waals surface area contributed by atoms with Crippen molar-refractivity contribution >= 4 is 15.9 Å². The van der Waals surface area contributed by atoms with Crippen molar-refractivity contribution in [2.75, 3.05) is 19.7 Å². The molecule has 4 rings (SSSR count). The van der Waals surface area contributed by atoms with Crippen LogP contribution in [-0.2, 0) is 10.0 Å². The number of rotatable bonds is 7. The summed E-state index contributed by atoms with van der Waals surface area (Å²) in [6.07, 6.45) is 3.11. The Morgan fingerprint density at radius 3 is 2.41 bits per heavy atom. The summed E-state index contributed by atoms with van der Waals surface area (Å²) in [7, 11) is -3.70. The first kappa shape index (κ1) is 22.7. The number of carbonyl (C=O) groups excluding carboxylic acids is 1. The molecule has 1 heterocycles. The molecule has 2 aliphatic rings. The Morgan fingerprint density at radius 2 is 1.81 bits per heavy atom. The van der Waals surface area contributed by atoms with E-state index >= 15 is 0 Å². The zero-order valence-electron chi connectivity index (χ0n) is 17.8. The Kier molecular flexibility index (Phi) is 6.22. The Balaban J connectivity index is 1.40. The fourth-order valence-electron chi connectivity index (χ4n) is 4.16. The van der Waals surface area contributed by atoms with Crippen molar-refractivity contribution in [2.24, 2.45) is 11.7 Å². The van der Waals surface area contributed by atoms with Gasteiger partial charge in [0.1, 0.15) is 17.4 Å². The van der Waals surface area contributed by atoms with Crippen LogP contribution in [0.1, 0.15) is 53.1 Å². The SMILES string of the molecule is Cc1cc(F)ccc1S(=O)(=O)N1CCC(COc2cc(F)c(C(N)=O)cc2C2CC2)CC1. The Bertz CT molecular complexity index is 1140. The number of halogens is 2. The van der Waals surface area contributed by atoms with E-state index in [2.05, 4.69) is 0 Å². The van der Waals surface area contributed by atoms with Gasteiger partial charge in [0.15, 0.2) is 0 Å². The maximum Gasteiger partial charge on any atom is 0.251 e. The van der Waals surface area contributed by atoms with Crippen LogP contribution in [0.25, 0.3) is 0 Å². The van der Waals surface area contributed by atoms with Crippen LogP contribution in [-0.4, -0.2) is 38.3 Å². The monoisotopic (exact) mass is 464 g/mol. The molecule has 0 aromatic heterocycles. The highest BCUT2D eigenvalue weighted by molar-refractivity contribution is 7.89. The molecule has 9 heteroatoms. The van der Waals surface area contributed by atoms with E-state index in [1.807, 2.05) is 0 Å². The van der Waals surface area contributed by atoms with E-state index in [4.69, 9.17) is 10.5 Å². The molecule has 2 aromatic rings. The van der Waals surface area contributed by atoms with Crippen LogP contribution in [0.5, 0.6) is 5.75 Å². The van der Waals surface area contributed by atoms with Gasteiger partial charge < -0.3 is 10.5 Å². The number of carbonyl (C=O) groups is 1. The zero-order valence-corrected chi connectivity index (χ0v) is 18.6. The van der Waals surface area contributed by atoms with E-state index < -0.39 is 27.6 Å². The molecule has 172 valence electrons. The maximum atomic E-state index is 14.3. The van der Waals surface area contributed by atoms with E-state index in [1.165, 1.54) is 28.6 Å². The van der Waals surface area contributed by atoms with Crippen molar-refractivity contribution in [3.63, 3.8) is 0 Å². The maximum absolute atomic E-state index is 14.3. The summed E-state index contributed by atoms with van der Waals surface area (Å²) < 4.78 is 60.9. The van der Waals surface area contributed by atoms with E-state index in [-0.39, 0.29) is 22.3 Å². The molecule has 2 N–H and O–H groups in total. The second-order valence-electron chi connectivity index (χ2n) is 8.58.